The van der Waals surface area contributed by atoms with Crippen LogP contribution in [-0.2, 0) is 21.9 Å². The molecule has 1 saturated heterocycles. The molecule has 1 aromatic rings. The van der Waals surface area contributed by atoms with E-state index in [-0.39, 0.29) is 17.9 Å². The fourth-order valence-electron chi connectivity index (χ4n) is 3.16. The molecule has 0 spiro atoms. The Bertz CT molecular complexity index is 661. The fourth-order valence-corrected chi connectivity index (χ4v) is 4.04. The molecule has 0 saturated carbocycles. The van der Waals surface area contributed by atoms with Crippen LogP contribution in [0.1, 0.15) is 24.6 Å². The number of hydrogen-bond acceptors (Lipinski definition) is 4. The SMILES string of the molecule is CN(C)C(CNC(=O)C1CCN(S(C)(=O)=O)CC1)c1cccn1C. The van der Waals surface area contributed by atoms with Crippen LogP contribution in [-0.4, -0.2) is 68.1 Å². The minimum absolute atomic E-state index is 0.0178. The molecule has 1 amide bonds. The van der Waals surface area contributed by atoms with Crippen LogP contribution in [0.3, 0.4) is 0 Å². The fraction of sp³-hybridized carbons (Fsp3) is 0.688. The molecule has 8 heteroatoms. The lowest BCUT2D eigenvalue weighted by atomic mass is 9.97. The third kappa shape index (κ3) is 4.58. The van der Waals surface area contributed by atoms with E-state index in [2.05, 4.69) is 20.9 Å². The summed E-state index contributed by atoms with van der Waals surface area (Å²) in [6.07, 6.45) is 4.37. The van der Waals surface area contributed by atoms with Crippen molar-refractivity contribution in [3.8, 4) is 0 Å². The van der Waals surface area contributed by atoms with Crippen molar-refractivity contribution in [2.45, 2.75) is 18.9 Å². The van der Waals surface area contributed by atoms with Gasteiger partial charge >= 0.3 is 0 Å². The van der Waals surface area contributed by atoms with Gasteiger partial charge in [0, 0.05) is 44.5 Å². The van der Waals surface area contributed by atoms with E-state index in [0.29, 0.717) is 32.5 Å². The van der Waals surface area contributed by atoms with Gasteiger partial charge in [-0.2, -0.15) is 0 Å². The van der Waals surface area contributed by atoms with Gasteiger partial charge in [0.2, 0.25) is 15.9 Å². The van der Waals surface area contributed by atoms with E-state index >= 15 is 0 Å². The number of nitrogens with zero attached hydrogens (tertiary/aromatic N) is 3. The minimum Gasteiger partial charge on any atom is -0.354 e. The molecule has 136 valence electrons. The second-order valence-electron chi connectivity index (χ2n) is 6.70. The topological polar surface area (TPSA) is 74.7 Å². The molecule has 0 aliphatic carbocycles. The average molecular weight is 356 g/mol. The highest BCUT2D eigenvalue weighted by Crippen LogP contribution is 2.21. The lowest BCUT2D eigenvalue weighted by Gasteiger charge is -2.30. The van der Waals surface area contributed by atoms with Crippen molar-refractivity contribution in [3.63, 3.8) is 0 Å². The summed E-state index contributed by atoms with van der Waals surface area (Å²) in [5, 5.41) is 3.04. The second-order valence-corrected chi connectivity index (χ2v) is 8.69. The maximum Gasteiger partial charge on any atom is 0.223 e. The quantitative estimate of drug-likeness (QED) is 0.801. The van der Waals surface area contributed by atoms with Crippen LogP contribution in [0.25, 0.3) is 0 Å². The summed E-state index contributed by atoms with van der Waals surface area (Å²) in [6, 6.07) is 4.15. The van der Waals surface area contributed by atoms with E-state index in [4.69, 9.17) is 0 Å². The number of piperidine rings is 1. The monoisotopic (exact) mass is 356 g/mol. The van der Waals surface area contributed by atoms with Crippen LogP contribution in [0.15, 0.2) is 18.3 Å². The van der Waals surface area contributed by atoms with Gasteiger partial charge in [-0.25, -0.2) is 12.7 Å². The van der Waals surface area contributed by atoms with Gasteiger partial charge in [-0.3, -0.25) is 9.69 Å². The number of sulfonamides is 1. The van der Waals surface area contributed by atoms with Gasteiger partial charge in [0.15, 0.2) is 0 Å². The highest BCUT2D eigenvalue weighted by Gasteiger charge is 2.29. The molecule has 2 heterocycles. The lowest BCUT2D eigenvalue weighted by Crippen LogP contribution is -2.44. The van der Waals surface area contributed by atoms with E-state index in [1.54, 1.807) is 0 Å². The highest BCUT2D eigenvalue weighted by molar-refractivity contribution is 7.88. The van der Waals surface area contributed by atoms with E-state index in [1.807, 2.05) is 33.4 Å². The zero-order valence-corrected chi connectivity index (χ0v) is 15.7. The summed E-state index contributed by atoms with van der Waals surface area (Å²) in [6.45, 7) is 1.38. The van der Waals surface area contributed by atoms with Gasteiger partial charge in [-0.1, -0.05) is 0 Å². The van der Waals surface area contributed by atoms with Crippen LogP contribution in [0.2, 0.25) is 0 Å². The lowest BCUT2D eigenvalue weighted by molar-refractivity contribution is -0.126. The Morgan fingerprint density at radius 1 is 1.38 bits per heavy atom. The molecule has 1 unspecified atom stereocenters. The van der Waals surface area contributed by atoms with Crippen molar-refractivity contribution in [1.82, 2.24) is 19.1 Å². The molecule has 24 heavy (non-hydrogen) atoms. The van der Waals surface area contributed by atoms with Crippen molar-refractivity contribution in [1.29, 1.82) is 0 Å². The summed E-state index contributed by atoms with van der Waals surface area (Å²) >= 11 is 0. The first-order valence-electron chi connectivity index (χ1n) is 8.20. The normalized spacial score (nSPS) is 18.7. The van der Waals surface area contributed by atoms with E-state index in [0.717, 1.165) is 5.69 Å². The van der Waals surface area contributed by atoms with E-state index in [1.165, 1.54) is 10.6 Å². The number of hydrogen-bond donors (Lipinski definition) is 1. The number of likely N-dealkylation sites (N-methyl/N-ethyl adjacent to an activating group) is 1. The smallest absolute Gasteiger partial charge is 0.223 e. The van der Waals surface area contributed by atoms with Crippen molar-refractivity contribution in [2.24, 2.45) is 13.0 Å². The van der Waals surface area contributed by atoms with Crippen LogP contribution in [0.5, 0.6) is 0 Å². The summed E-state index contributed by atoms with van der Waals surface area (Å²) in [4.78, 5) is 14.5. The first-order chi connectivity index (χ1) is 11.2. The number of nitrogens with one attached hydrogen (secondary N) is 1. The minimum atomic E-state index is -3.15. The molecule has 1 aliphatic rings. The van der Waals surface area contributed by atoms with Gasteiger partial charge in [-0.05, 0) is 39.1 Å². The summed E-state index contributed by atoms with van der Waals surface area (Å²) < 4.78 is 26.6. The van der Waals surface area contributed by atoms with Gasteiger partial charge < -0.3 is 9.88 Å². The van der Waals surface area contributed by atoms with Crippen LogP contribution < -0.4 is 5.32 Å². The number of carbonyl (C=O) groups excluding carboxylic acids is 1. The molecule has 2 rings (SSSR count). The Kier molecular flexibility index (Phi) is 6.06. The molecule has 1 aromatic heterocycles. The summed E-state index contributed by atoms with van der Waals surface area (Å²) in [5.74, 6) is -0.0940. The predicted octanol–water partition coefficient (Wildman–Crippen LogP) is 0.416. The van der Waals surface area contributed by atoms with Gasteiger partial charge in [-0.15, -0.1) is 0 Å². The Hall–Kier alpha value is -1.38. The molecule has 1 atom stereocenters. The maximum atomic E-state index is 12.4. The molecular weight excluding hydrogens is 328 g/mol. The third-order valence-corrected chi connectivity index (χ3v) is 6.02. The van der Waals surface area contributed by atoms with Gasteiger partial charge in [0.05, 0.1) is 12.3 Å². The molecule has 1 aliphatic heterocycles. The number of carbonyl (C=O) groups is 1. The van der Waals surface area contributed by atoms with Gasteiger partial charge in [0.25, 0.3) is 0 Å². The van der Waals surface area contributed by atoms with E-state index in [9.17, 15) is 13.2 Å². The Labute approximate surface area is 144 Å². The van der Waals surface area contributed by atoms with Crippen molar-refractivity contribution in [2.75, 3.05) is 40.0 Å². The molecule has 0 aromatic carbocycles. The number of aromatic nitrogens is 1. The highest BCUT2D eigenvalue weighted by atomic mass is 32.2. The van der Waals surface area contributed by atoms with Crippen molar-refractivity contribution in [3.05, 3.63) is 24.0 Å². The standard InChI is InChI=1S/C16H28N4O3S/c1-18(2)15(14-6-5-9-19(14)3)12-17-16(21)13-7-10-20(11-8-13)24(4,22)23/h5-6,9,13,15H,7-8,10-12H2,1-4H3,(H,17,21). The van der Waals surface area contributed by atoms with E-state index < -0.39 is 10.0 Å². The van der Waals surface area contributed by atoms with Crippen LogP contribution in [0, 0.1) is 5.92 Å². The molecular formula is C16H28N4O3S. The Morgan fingerprint density at radius 2 is 2.00 bits per heavy atom. The van der Waals surface area contributed by atoms with Crippen molar-refractivity contribution >= 4 is 15.9 Å². The number of amides is 1. The predicted molar refractivity (Wildman–Crippen MR) is 94.0 cm³/mol. The molecule has 7 nitrogen and oxygen atoms in total. The maximum absolute atomic E-state index is 12.4. The molecule has 1 N–H and O–H groups in total. The van der Waals surface area contributed by atoms with Crippen LogP contribution in [0.4, 0.5) is 0 Å². The number of aryl methyl sites for hydroxylation is 1. The summed E-state index contributed by atoms with van der Waals surface area (Å²) in [5.41, 5.74) is 1.15. The number of rotatable bonds is 6. The third-order valence-electron chi connectivity index (χ3n) is 4.71. The second kappa shape index (κ2) is 7.67. The molecule has 1 fully saturated rings. The Morgan fingerprint density at radius 3 is 2.46 bits per heavy atom. The zero-order valence-electron chi connectivity index (χ0n) is 14.9. The first-order valence-corrected chi connectivity index (χ1v) is 10.1. The van der Waals surface area contributed by atoms with Crippen LogP contribution >= 0.6 is 0 Å². The summed E-state index contributed by atoms with van der Waals surface area (Å²) in [7, 11) is 2.83. The molecule has 0 bridgehead atoms. The molecule has 0 radical (unpaired) electrons. The largest absolute Gasteiger partial charge is 0.354 e. The zero-order chi connectivity index (χ0) is 17.9. The first kappa shape index (κ1) is 19.0. The Balaban J connectivity index is 1.90. The van der Waals surface area contributed by atoms with Crippen molar-refractivity contribution < 1.29 is 13.2 Å². The van der Waals surface area contributed by atoms with Gasteiger partial charge in [0.1, 0.15) is 0 Å². The average Bonchev–Trinajstić information content (AvgIpc) is 2.92.